The third-order valence-electron chi connectivity index (χ3n) is 3.33. The number of methoxy groups -OCH3 is 1. The van der Waals surface area contributed by atoms with Crippen LogP contribution >= 0.6 is 11.8 Å². The summed E-state index contributed by atoms with van der Waals surface area (Å²) in [6.07, 6.45) is 1.93. The fourth-order valence-electron chi connectivity index (χ4n) is 2.07. The molecule has 0 aliphatic rings. The lowest BCUT2D eigenvalue weighted by molar-refractivity contribution is -0.123. The fraction of sp³-hybridized carbons (Fsp3) is 0.222. The minimum atomic E-state index is -0.464. The monoisotopic (exact) mass is 360 g/mol. The zero-order valence-corrected chi connectivity index (χ0v) is 15.1. The molecule has 2 N–H and O–H groups in total. The fourth-order valence-corrected chi connectivity index (χ4v) is 2.50. The molecule has 0 atom stereocenters. The highest BCUT2D eigenvalue weighted by atomic mass is 32.2. The second-order valence-electron chi connectivity index (χ2n) is 5.17. The number of hydrogen-bond donors (Lipinski definition) is 2. The van der Waals surface area contributed by atoms with Crippen LogP contribution in [0.1, 0.15) is 15.9 Å². The van der Waals surface area contributed by atoms with E-state index < -0.39 is 11.8 Å². The minimum absolute atomic E-state index is 0.202. The van der Waals surface area contributed by atoms with Crippen molar-refractivity contribution in [2.45, 2.75) is 11.8 Å². The predicted octanol–water partition coefficient (Wildman–Crippen LogP) is 2.57. The van der Waals surface area contributed by atoms with Crippen LogP contribution in [0.5, 0.6) is 11.5 Å². The number of aryl methyl sites for hydroxylation is 1. The third-order valence-corrected chi connectivity index (χ3v) is 4.05. The normalized spacial score (nSPS) is 10.0. The summed E-state index contributed by atoms with van der Waals surface area (Å²) >= 11 is 1.54. The molecule has 0 fully saturated rings. The van der Waals surface area contributed by atoms with Crippen molar-refractivity contribution in [3.8, 4) is 11.5 Å². The number of hydrogen-bond acceptors (Lipinski definition) is 5. The van der Waals surface area contributed by atoms with E-state index >= 15 is 0 Å². The Balaban J connectivity index is 1.88. The Kier molecular flexibility index (Phi) is 6.71. The lowest BCUT2D eigenvalue weighted by atomic mass is 10.2. The van der Waals surface area contributed by atoms with E-state index in [1.54, 1.807) is 30.0 Å². The van der Waals surface area contributed by atoms with Gasteiger partial charge in [-0.1, -0.05) is 12.1 Å². The number of hydrazine groups is 1. The van der Waals surface area contributed by atoms with Gasteiger partial charge in [-0.05, 0) is 49.1 Å². The smallest absolute Gasteiger partial charge is 0.276 e. The van der Waals surface area contributed by atoms with E-state index in [4.69, 9.17) is 9.47 Å². The maximum absolute atomic E-state index is 12.2. The number of benzene rings is 2. The second-order valence-corrected chi connectivity index (χ2v) is 6.05. The highest BCUT2D eigenvalue weighted by Gasteiger charge is 2.14. The number of carbonyl (C=O) groups excluding carboxylic acids is 2. The molecule has 0 aliphatic carbocycles. The number of carbonyl (C=O) groups is 2. The number of rotatable bonds is 6. The van der Waals surface area contributed by atoms with Gasteiger partial charge in [-0.15, -0.1) is 11.8 Å². The molecule has 7 heteroatoms. The van der Waals surface area contributed by atoms with E-state index in [2.05, 4.69) is 10.9 Å². The predicted molar refractivity (Wildman–Crippen MR) is 97.1 cm³/mol. The van der Waals surface area contributed by atoms with Crippen LogP contribution in [0.25, 0.3) is 0 Å². The first-order valence-electron chi connectivity index (χ1n) is 7.54. The van der Waals surface area contributed by atoms with Crippen molar-refractivity contribution in [3.63, 3.8) is 0 Å². The second kappa shape index (κ2) is 8.98. The van der Waals surface area contributed by atoms with Gasteiger partial charge in [-0.2, -0.15) is 0 Å². The Morgan fingerprint density at radius 1 is 1.12 bits per heavy atom. The highest BCUT2D eigenvalue weighted by molar-refractivity contribution is 7.98. The average molecular weight is 360 g/mol. The van der Waals surface area contributed by atoms with E-state index in [0.29, 0.717) is 17.1 Å². The van der Waals surface area contributed by atoms with Gasteiger partial charge in [0.25, 0.3) is 11.8 Å². The van der Waals surface area contributed by atoms with Crippen LogP contribution in [0.15, 0.2) is 47.4 Å². The average Bonchev–Trinajstić information content (AvgIpc) is 2.63. The number of thioether (sulfide) groups is 1. The van der Waals surface area contributed by atoms with Gasteiger partial charge < -0.3 is 9.47 Å². The molecule has 132 valence electrons. The first kappa shape index (κ1) is 18.7. The summed E-state index contributed by atoms with van der Waals surface area (Å²) in [5.74, 6) is 0.105. The molecule has 2 aromatic rings. The summed E-state index contributed by atoms with van der Waals surface area (Å²) in [6, 6.07) is 12.6. The number of amides is 2. The van der Waals surface area contributed by atoms with Crippen molar-refractivity contribution in [1.82, 2.24) is 10.9 Å². The Morgan fingerprint density at radius 3 is 2.60 bits per heavy atom. The summed E-state index contributed by atoms with van der Waals surface area (Å²) in [4.78, 5) is 25.0. The SMILES string of the molecule is COc1cc(SC)ccc1C(=O)NNC(=O)COc1cccc(C)c1. The van der Waals surface area contributed by atoms with Gasteiger partial charge in [0.05, 0.1) is 12.7 Å². The molecule has 0 spiro atoms. The van der Waals surface area contributed by atoms with Crippen LogP contribution in [-0.4, -0.2) is 31.8 Å². The Morgan fingerprint density at radius 2 is 1.92 bits per heavy atom. The minimum Gasteiger partial charge on any atom is -0.496 e. The van der Waals surface area contributed by atoms with Gasteiger partial charge in [0.15, 0.2) is 6.61 Å². The van der Waals surface area contributed by atoms with Crippen molar-refractivity contribution in [2.24, 2.45) is 0 Å². The van der Waals surface area contributed by atoms with Gasteiger partial charge in [-0.25, -0.2) is 0 Å². The quantitative estimate of drug-likeness (QED) is 0.612. The lowest BCUT2D eigenvalue weighted by Gasteiger charge is -2.12. The van der Waals surface area contributed by atoms with E-state index in [-0.39, 0.29) is 6.61 Å². The first-order chi connectivity index (χ1) is 12.0. The molecule has 0 saturated heterocycles. The highest BCUT2D eigenvalue weighted by Crippen LogP contribution is 2.25. The number of ether oxygens (including phenoxy) is 2. The van der Waals surface area contributed by atoms with Crippen molar-refractivity contribution >= 4 is 23.6 Å². The van der Waals surface area contributed by atoms with Crippen molar-refractivity contribution < 1.29 is 19.1 Å². The van der Waals surface area contributed by atoms with Crippen molar-refractivity contribution in [1.29, 1.82) is 0 Å². The van der Waals surface area contributed by atoms with E-state index in [9.17, 15) is 9.59 Å². The first-order valence-corrected chi connectivity index (χ1v) is 8.76. The van der Waals surface area contributed by atoms with E-state index in [0.717, 1.165) is 10.5 Å². The van der Waals surface area contributed by atoms with Crippen LogP contribution in [0.4, 0.5) is 0 Å². The summed E-state index contributed by atoms with van der Waals surface area (Å²) in [5, 5.41) is 0. The molecular weight excluding hydrogens is 340 g/mol. The molecule has 2 rings (SSSR count). The summed E-state index contributed by atoms with van der Waals surface area (Å²) in [7, 11) is 1.49. The molecule has 0 saturated carbocycles. The molecule has 0 heterocycles. The van der Waals surface area contributed by atoms with Gasteiger partial charge in [0, 0.05) is 4.90 Å². The zero-order chi connectivity index (χ0) is 18.2. The Labute approximate surface area is 150 Å². The molecule has 0 aromatic heterocycles. The lowest BCUT2D eigenvalue weighted by Crippen LogP contribution is -2.43. The van der Waals surface area contributed by atoms with Gasteiger partial charge >= 0.3 is 0 Å². The molecule has 25 heavy (non-hydrogen) atoms. The van der Waals surface area contributed by atoms with E-state index in [1.807, 2.05) is 37.4 Å². The van der Waals surface area contributed by atoms with Gasteiger partial charge in [-0.3, -0.25) is 20.4 Å². The summed E-state index contributed by atoms with van der Waals surface area (Å²) in [5.41, 5.74) is 6.04. The summed E-state index contributed by atoms with van der Waals surface area (Å²) < 4.78 is 10.6. The zero-order valence-electron chi connectivity index (χ0n) is 14.3. The van der Waals surface area contributed by atoms with E-state index in [1.165, 1.54) is 7.11 Å². The molecule has 6 nitrogen and oxygen atoms in total. The molecule has 2 amide bonds. The Hall–Kier alpha value is -2.67. The van der Waals surface area contributed by atoms with Crippen LogP contribution in [0, 0.1) is 6.92 Å². The van der Waals surface area contributed by atoms with Crippen molar-refractivity contribution in [2.75, 3.05) is 20.0 Å². The molecule has 2 aromatic carbocycles. The molecule has 0 aliphatic heterocycles. The van der Waals surface area contributed by atoms with Gasteiger partial charge in [0.1, 0.15) is 11.5 Å². The third kappa shape index (κ3) is 5.42. The van der Waals surface area contributed by atoms with Crippen LogP contribution in [0.3, 0.4) is 0 Å². The van der Waals surface area contributed by atoms with Crippen LogP contribution in [0.2, 0.25) is 0 Å². The number of nitrogens with one attached hydrogen (secondary N) is 2. The largest absolute Gasteiger partial charge is 0.496 e. The Bertz CT molecular complexity index is 764. The molecule has 0 radical (unpaired) electrons. The maximum Gasteiger partial charge on any atom is 0.276 e. The van der Waals surface area contributed by atoms with Gasteiger partial charge in [0.2, 0.25) is 0 Å². The van der Waals surface area contributed by atoms with Crippen LogP contribution < -0.4 is 20.3 Å². The maximum atomic E-state index is 12.2. The standard InChI is InChI=1S/C18H20N2O4S/c1-12-5-4-6-13(9-12)24-11-17(21)19-20-18(22)15-8-7-14(25-3)10-16(15)23-2/h4-10H,11H2,1-3H3,(H,19,21)(H,20,22). The molecule has 0 bridgehead atoms. The summed E-state index contributed by atoms with van der Waals surface area (Å²) in [6.45, 7) is 1.73. The topological polar surface area (TPSA) is 76.7 Å². The molecule has 0 unspecified atom stereocenters. The van der Waals surface area contributed by atoms with Crippen LogP contribution in [-0.2, 0) is 4.79 Å². The molecular formula is C18H20N2O4S. The van der Waals surface area contributed by atoms with Crippen molar-refractivity contribution in [3.05, 3.63) is 53.6 Å².